The summed E-state index contributed by atoms with van der Waals surface area (Å²) in [7, 11) is 0. The minimum atomic E-state index is 0.252. The molecule has 2 saturated heterocycles. The van der Waals surface area contributed by atoms with Gasteiger partial charge in [-0.15, -0.1) is 0 Å². The highest BCUT2D eigenvalue weighted by Crippen LogP contribution is 2.41. The molecule has 0 bridgehead atoms. The lowest BCUT2D eigenvalue weighted by molar-refractivity contribution is 0.0210. The summed E-state index contributed by atoms with van der Waals surface area (Å²) in [5.74, 6) is 0.798. The summed E-state index contributed by atoms with van der Waals surface area (Å²) in [5, 5.41) is 0. The normalized spacial score (nSPS) is 38.4. The average Bonchev–Trinajstić information content (AvgIpc) is 2.62. The topological polar surface area (TPSA) is 44.5 Å². The molecule has 0 aromatic heterocycles. The molecule has 0 aliphatic carbocycles. The van der Waals surface area contributed by atoms with Gasteiger partial charge in [-0.1, -0.05) is 0 Å². The Morgan fingerprint density at radius 2 is 2.00 bits per heavy atom. The third kappa shape index (κ3) is 2.35. The molecular weight excluding hydrogens is 190 g/mol. The van der Waals surface area contributed by atoms with E-state index in [1.807, 2.05) is 0 Å². The van der Waals surface area contributed by atoms with Gasteiger partial charge in [0.05, 0.1) is 6.10 Å². The summed E-state index contributed by atoms with van der Waals surface area (Å²) in [6.07, 6.45) is 5.12. The highest BCUT2D eigenvalue weighted by atomic mass is 16.5. The largest absolute Gasteiger partial charge is 0.381 e. The van der Waals surface area contributed by atoms with Gasteiger partial charge in [0.1, 0.15) is 0 Å². The Bertz CT molecular complexity index is 204. The molecule has 0 radical (unpaired) electrons. The van der Waals surface area contributed by atoms with Gasteiger partial charge in [-0.25, -0.2) is 0 Å². The highest BCUT2D eigenvalue weighted by Gasteiger charge is 2.41. The van der Waals surface area contributed by atoms with Gasteiger partial charge in [-0.2, -0.15) is 0 Å². The predicted molar refractivity (Wildman–Crippen MR) is 59.7 cm³/mol. The minimum absolute atomic E-state index is 0.252. The van der Waals surface area contributed by atoms with Crippen LogP contribution in [0.15, 0.2) is 0 Å². The van der Waals surface area contributed by atoms with Crippen LogP contribution in [0.4, 0.5) is 0 Å². The van der Waals surface area contributed by atoms with Crippen LogP contribution in [0.5, 0.6) is 0 Å². The predicted octanol–water partition coefficient (Wildman–Crippen LogP) is 1.56. The van der Waals surface area contributed by atoms with Crippen molar-refractivity contribution in [3.63, 3.8) is 0 Å². The SMILES string of the molecule is CC1OCCC1(CN)CC1CCOCC1. The van der Waals surface area contributed by atoms with Crippen molar-refractivity contribution in [1.29, 1.82) is 0 Å². The number of nitrogens with two attached hydrogens (primary N) is 1. The van der Waals surface area contributed by atoms with Crippen molar-refractivity contribution in [2.45, 2.75) is 38.7 Å². The smallest absolute Gasteiger partial charge is 0.0616 e. The molecule has 2 heterocycles. The number of rotatable bonds is 3. The van der Waals surface area contributed by atoms with E-state index in [1.54, 1.807) is 0 Å². The van der Waals surface area contributed by atoms with E-state index in [9.17, 15) is 0 Å². The second-order valence-corrected chi connectivity index (χ2v) is 5.09. The van der Waals surface area contributed by atoms with Crippen LogP contribution in [0.2, 0.25) is 0 Å². The molecule has 0 aromatic carbocycles. The Labute approximate surface area is 92.3 Å². The Balaban J connectivity index is 1.94. The molecule has 3 nitrogen and oxygen atoms in total. The van der Waals surface area contributed by atoms with Crippen LogP contribution in [0.25, 0.3) is 0 Å². The minimum Gasteiger partial charge on any atom is -0.381 e. The van der Waals surface area contributed by atoms with Gasteiger partial charge in [0.25, 0.3) is 0 Å². The molecule has 0 aromatic rings. The molecular formula is C12H23NO2. The fraction of sp³-hybridized carbons (Fsp3) is 1.00. The zero-order chi connectivity index (χ0) is 10.7. The fourth-order valence-corrected chi connectivity index (χ4v) is 2.96. The van der Waals surface area contributed by atoms with E-state index < -0.39 is 0 Å². The first-order valence-corrected chi connectivity index (χ1v) is 6.16. The molecule has 3 heteroatoms. The van der Waals surface area contributed by atoms with E-state index in [4.69, 9.17) is 15.2 Å². The molecule has 2 atom stereocenters. The third-order valence-electron chi connectivity index (χ3n) is 4.27. The first kappa shape index (κ1) is 11.4. The molecule has 2 fully saturated rings. The van der Waals surface area contributed by atoms with Crippen molar-refractivity contribution in [2.24, 2.45) is 17.1 Å². The van der Waals surface area contributed by atoms with Crippen molar-refractivity contribution in [3.05, 3.63) is 0 Å². The van der Waals surface area contributed by atoms with Crippen molar-refractivity contribution >= 4 is 0 Å². The van der Waals surface area contributed by atoms with Crippen LogP contribution in [0.3, 0.4) is 0 Å². The Morgan fingerprint density at radius 1 is 1.27 bits per heavy atom. The Hall–Kier alpha value is -0.120. The zero-order valence-corrected chi connectivity index (χ0v) is 9.71. The molecule has 2 rings (SSSR count). The monoisotopic (exact) mass is 213 g/mol. The zero-order valence-electron chi connectivity index (χ0n) is 9.71. The lowest BCUT2D eigenvalue weighted by Gasteiger charge is -2.35. The summed E-state index contributed by atoms with van der Waals surface area (Å²) in [4.78, 5) is 0. The van der Waals surface area contributed by atoms with Gasteiger partial charge >= 0.3 is 0 Å². The van der Waals surface area contributed by atoms with Crippen LogP contribution in [0, 0.1) is 11.3 Å². The maximum atomic E-state index is 5.97. The molecule has 0 saturated carbocycles. The maximum Gasteiger partial charge on any atom is 0.0616 e. The molecule has 2 unspecified atom stereocenters. The van der Waals surface area contributed by atoms with Gasteiger partial charge in [0.2, 0.25) is 0 Å². The summed E-state index contributed by atoms with van der Waals surface area (Å²) in [6.45, 7) is 5.70. The van der Waals surface area contributed by atoms with E-state index in [-0.39, 0.29) is 5.41 Å². The van der Waals surface area contributed by atoms with Crippen LogP contribution >= 0.6 is 0 Å². The molecule has 2 aliphatic heterocycles. The van der Waals surface area contributed by atoms with E-state index in [0.29, 0.717) is 6.10 Å². The summed E-state index contributed by atoms with van der Waals surface area (Å²) in [6, 6.07) is 0. The highest BCUT2D eigenvalue weighted by molar-refractivity contribution is 4.92. The second kappa shape index (κ2) is 4.81. The number of hydrogen-bond donors (Lipinski definition) is 1. The van der Waals surface area contributed by atoms with Gasteiger partial charge in [-0.05, 0) is 38.5 Å². The van der Waals surface area contributed by atoms with Crippen LogP contribution in [-0.4, -0.2) is 32.5 Å². The first-order valence-electron chi connectivity index (χ1n) is 6.16. The first-order chi connectivity index (χ1) is 7.27. The van der Waals surface area contributed by atoms with E-state index in [0.717, 1.165) is 38.7 Å². The van der Waals surface area contributed by atoms with E-state index in [1.165, 1.54) is 19.3 Å². The van der Waals surface area contributed by atoms with Crippen LogP contribution in [-0.2, 0) is 9.47 Å². The molecule has 0 amide bonds. The average molecular weight is 213 g/mol. The van der Waals surface area contributed by atoms with Gasteiger partial charge in [-0.3, -0.25) is 0 Å². The van der Waals surface area contributed by atoms with E-state index in [2.05, 4.69) is 6.92 Å². The quantitative estimate of drug-likeness (QED) is 0.773. The Morgan fingerprint density at radius 3 is 2.53 bits per heavy atom. The molecule has 15 heavy (non-hydrogen) atoms. The van der Waals surface area contributed by atoms with Gasteiger partial charge in [0, 0.05) is 31.8 Å². The van der Waals surface area contributed by atoms with Crippen molar-refractivity contribution in [1.82, 2.24) is 0 Å². The summed E-state index contributed by atoms with van der Waals surface area (Å²) >= 11 is 0. The number of hydrogen-bond acceptors (Lipinski definition) is 3. The van der Waals surface area contributed by atoms with E-state index >= 15 is 0 Å². The van der Waals surface area contributed by atoms with Crippen LogP contribution < -0.4 is 5.73 Å². The van der Waals surface area contributed by atoms with Gasteiger partial charge < -0.3 is 15.2 Å². The fourth-order valence-electron chi connectivity index (χ4n) is 2.96. The van der Waals surface area contributed by atoms with Crippen LogP contribution in [0.1, 0.15) is 32.6 Å². The maximum absolute atomic E-state index is 5.97. The third-order valence-corrected chi connectivity index (χ3v) is 4.27. The van der Waals surface area contributed by atoms with Crippen molar-refractivity contribution < 1.29 is 9.47 Å². The molecule has 88 valence electrons. The number of ether oxygens (including phenoxy) is 2. The summed E-state index contributed by atoms with van der Waals surface area (Å²) in [5.41, 5.74) is 6.22. The van der Waals surface area contributed by atoms with Crippen molar-refractivity contribution in [2.75, 3.05) is 26.4 Å². The standard InChI is InChI=1S/C12H23NO2/c1-10-12(9-13,4-7-15-10)8-11-2-5-14-6-3-11/h10-11H,2-9,13H2,1H3. The summed E-state index contributed by atoms with van der Waals surface area (Å²) < 4.78 is 11.1. The molecule has 2 N–H and O–H groups in total. The van der Waals surface area contributed by atoms with Gasteiger partial charge in [0.15, 0.2) is 0 Å². The molecule has 0 spiro atoms. The lowest BCUT2D eigenvalue weighted by atomic mass is 9.73. The Kier molecular flexibility index (Phi) is 3.65. The van der Waals surface area contributed by atoms with Crippen molar-refractivity contribution in [3.8, 4) is 0 Å². The molecule has 2 aliphatic rings. The second-order valence-electron chi connectivity index (χ2n) is 5.09. The lowest BCUT2D eigenvalue weighted by Crippen LogP contribution is -2.39.